The number of nitrogens with zero attached hydrogens (tertiary/aromatic N) is 1. The number of carbonyl (C=O) groups excluding carboxylic acids is 1. The van der Waals surface area contributed by atoms with Gasteiger partial charge in [-0.3, -0.25) is 9.78 Å². The predicted molar refractivity (Wildman–Crippen MR) is 91.2 cm³/mol. The molecular formula is C17H17ClN2O3. The van der Waals surface area contributed by atoms with Crippen LogP contribution in [-0.2, 0) is 4.79 Å². The molecular weight excluding hydrogens is 316 g/mol. The summed E-state index contributed by atoms with van der Waals surface area (Å²) in [5, 5.41) is 3.18. The maximum Gasteiger partial charge on any atom is 0.248 e. The normalized spacial score (nSPS) is 10.6. The standard InChI is InChI=1S/C17H17ClN2O3/c1-11-6-7-19-10-14(11)20-16(21)5-4-12-8-13(18)17(23-3)15(9-12)22-2/h4-10H,1-3H3,(H,20,21)/b5-4+. The minimum atomic E-state index is -0.257. The summed E-state index contributed by atoms with van der Waals surface area (Å²) in [6.45, 7) is 1.90. The number of anilines is 1. The van der Waals surface area contributed by atoms with Gasteiger partial charge in [-0.25, -0.2) is 0 Å². The highest BCUT2D eigenvalue weighted by Crippen LogP contribution is 2.36. The van der Waals surface area contributed by atoms with Crippen LogP contribution in [0.5, 0.6) is 11.5 Å². The Balaban J connectivity index is 2.15. The fourth-order valence-corrected chi connectivity index (χ4v) is 2.27. The minimum absolute atomic E-state index is 0.257. The van der Waals surface area contributed by atoms with Crippen LogP contribution in [0.4, 0.5) is 5.69 Å². The molecule has 6 heteroatoms. The number of hydrogen-bond acceptors (Lipinski definition) is 4. The van der Waals surface area contributed by atoms with Crippen LogP contribution in [0.1, 0.15) is 11.1 Å². The summed E-state index contributed by atoms with van der Waals surface area (Å²) >= 11 is 6.13. The molecule has 0 radical (unpaired) electrons. The molecule has 1 aromatic heterocycles. The first-order valence-electron chi connectivity index (χ1n) is 6.86. The number of benzene rings is 1. The third kappa shape index (κ3) is 4.23. The SMILES string of the molecule is COc1cc(/C=C/C(=O)Nc2cnccc2C)cc(Cl)c1OC. The molecule has 0 bridgehead atoms. The molecule has 0 saturated heterocycles. The van der Waals surface area contributed by atoms with Gasteiger partial charge in [0, 0.05) is 12.3 Å². The number of aryl methyl sites for hydroxylation is 1. The van der Waals surface area contributed by atoms with Gasteiger partial charge in [0.1, 0.15) is 0 Å². The third-order valence-corrected chi connectivity index (χ3v) is 3.46. The Bertz CT molecular complexity index is 745. The lowest BCUT2D eigenvalue weighted by molar-refractivity contribution is -0.111. The van der Waals surface area contributed by atoms with Crippen molar-refractivity contribution in [1.29, 1.82) is 0 Å². The molecule has 120 valence electrons. The maximum atomic E-state index is 12.0. The highest BCUT2D eigenvalue weighted by atomic mass is 35.5. The van der Waals surface area contributed by atoms with Crippen molar-refractivity contribution in [2.45, 2.75) is 6.92 Å². The van der Waals surface area contributed by atoms with E-state index in [0.717, 1.165) is 11.1 Å². The molecule has 0 aliphatic carbocycles. The number of pyridine rings is 1. The average Bonchev–Trinajstić information content (AvgIpc) is 2.54. The summed E-state index contributed by atoms with van der Waals surface area (Å²) in [6.07, 6.45) is 6.35. The van der Waals surface area contributed by atoms with E-state index in [1.54, 1.807) is 30.6 Å². The van der Waals surface area contributed by atoms with Crippen LogP contribution in [0, 0.1) is 6.92 Å². The van der Waals surface area contributed by atoms with Crippen molar-refractivity contribution in [2.75, 3.05) is 19.5 Å². The van der Waals surface area contributed by atoms with Gasteiger partial charge in [-0.1, -0.05) is 11.6 Å². The summed E-state index contributed by atoms with van der Waals surface area (Å²) in [4.78, 5) is 16.0. The fraction of sp³-hybridized carbons (Fsp3) is 0.176. The van der Waals surface area contributed by atoms with Crippen LogP contribution in [-0.4, -0.2) is 25.1 Å². The lowest BCUT2D eigenvalue weighted by Gasteiger charge is -2.10. The monoisotopic (exact) mass is 332 g/mol. The predicted octanol–water partition coefficient (Wildman–Crippen LogP) is 3.71. The van der Waals surface area contributed by atoms with E-state index in [2.05, 4.69) is 10.3 Å². The van der Waals surface area contributed by atoms with Crippen LogP contribution in [0.15, 0.2) is 36.7 Å². The highest BCUT2D eigenvalue weighted by Gasteiger charge is 2.10. The molecule has 2 aromatic rings. The summed E-state index contributed by atoms with van der Waals surface area (Å²) in [5.41, 5.74) is 2.34. The number of rotatable bonds is 5. The van der Waals surface area contributed by atoms with E-state index >= 15 is 0 Å². The van der Waals surface area contributed by atoms with Gasteiger partial charge in [0.15, 0.2) is 11.5 Å². The first-order valence-corrected chi connectivity index (χ1v) is 7.24. The van der Waals surface area contributed by atoms with Gasteiger partial charge in [-0.2, -0.15) is 0 Å². The smallest absolute Gasteiger partial charge is 0.248 e. The van der Waals surface area contributed by atoms with E-state index in [1.165, 1.54) is 20.3 Å². The molecule has 1 amide bonds. The number of carbonyl (C=O) groups is 1. The summed E-state index contributed by atoms with van der Waals surface area (Å²) in [6, 6.07) is 5.26. The molecule has 1 heterocycles. The van der Waals surface area contributed by atoms with Gasteiger partial charge in [-0.05, 0) is 42.3 Å². The van der Waals surface area contributed by atoms with Gasteiger partial charge in [-0.15, -0.1) is 0 Å². The van der Waals surface area contributed by atoms with Crippen molar-refractivity contribution in [3.63, 3.8) is 0 Å². The lowest BCUT2D eigenvalue weighted by atomic mass is 10.2. The molecule has 2 rings (SSSR count). The topological polar surface area (TPSA) is 60.5 Å². The zero-order valence-corrected chi connectivity index (χ0v) is 13.8. The van der Waals surface area contributed by atoms with Gasteiger partial charge in [0.2, 0.25) is 5.91 Å². The molecule has 0 fully saturated rings. The second kappa shape index (κ2) is 7.65. The number of ether oxygens (including phenoxy) is 2. The molecule has 23 heavy (non-hydrogen) atoms. The Morgan fingerprint density at radius 2 is 2.09 bits per heavy atom. The zero-order chi connectivity index (χ0) is 16.8. The van der Waals surface area contributed by atoms with Gasteiger partial charge in [0.05, 0.1) is 31.1 Å². The van der Waals surface area contributed by atoms with Crippen molar-refractivity contribution in [1.82, 2.24) is 4.98 Å². The molecule has 1 aromatic carbocycles. The largest absolute Gasteiger partial charge is 0.493 e. The second-order valence-electron chi connectivity index (χ2n) is 4.75. The first-order chi connectivity index (χ1) is 11.0. The van der Waals surface area contributed by atoms with Gasteiger partial charge < -0.3 is 14.8 Å². The van der Waals surface area contributed by atoms with E-state index in [0.29, 0.717) is 22.2 Å². The van der Waals surface area contributed by atoms with E-state index in [-0.39, 0.29) is 5.91 Å². The molecule has 0 saturated carbocycles. The van der Waals surface area contributed by atoms with Crippen LogP contribution in [0.3, 0.4) is 0 Å². The van der Waals surface area contributed by atoms with Crippen molar-refractivity contribution in [2.24, 2.45) is 0 Å². The zero-order valence-electron chi connectivity index (χ0n) is 13.1. The molecule has 0 atom stereocenters. The Morgan fingerprint density at radius 3 is 2.74 bits per heavy atom. The number of nitrogens with one attached hydrogen (secondary N) is 1. The van der Waals surface area contributed by atoms with Crippen LogP contribution in [0.25, 0.3) is 6.08 Å². The van der Waals surface area contributed by atoms with Crippen molar-refractivity contribution in [3.8, 4) is 11.5 Å². The average molecular weight is 333 g/mol. The Labute approximate surface area is 139 Å². The molecule has 0 aliphatic rings. The van der Waals surface area contributed by atoms with Gasteiger partial charge in [0.25, 0.3) is 0 Å². The summed E-state index contributed by atoms with van der Waals surface area (Å²) in [7, 11) is 3.04. The highest BCUT2D eigenvalue weighted by molar-refractivity contribution is 6.32. The number of amides is 1. The molecule has 0 spiro atoms. The van der Waals surface area contributed by atoms with Crippen LogP contribution >= 0.6 is 11.6 Å². The molecule has 5 nitrogen and oxygen atoms in total. The number of methoxy groups -OCH3 is 2. The number of hydrogen-bond donors (Lipinski definition) is 1. The van der Waals surface area contributed by atoms with Gasteiger partial charge >= 0.3 is 0 Å². The Morgan fingerprint density at radius 1 is 1.30 bits per heavy atom. The third-order valence-electron chi connectivity index (χ3n) is 3.18. The number of halogens is 1. The fourth-order valence-electron chi connectivity index (χ4n) is 1.98. The minimum Gasteiger partial charge on any atom is -0.493 e. The molecule has 0 unspecified atom stereocenters. The summed E-state index contributed by atoms with van der Waals surface area (Å²) < 4.78 is 10.4. The van der Waals surface area contributed by atoms with Crippen molar-refractivity contribution in [3.05, 3.63) is 52.8 Å². The van der Waals surface area contributed by atoms with Crippen LogP contribution < -0.4 is 14.8 Å². The number of aromatic nitrogens is 1. The van der Waals surface area contributed by atoms with E-state index in [1.807, 2.05) is 13.0 Å². The lowest BCUT2D eigenvalue weighted by Crippen LogP contribution is -2.09. The van der Waals surface area contributed by atoms with E-state index in [9.17, 15) is 4.79 Å². The Kier molecular flexibility index (Phi) is 5.60. The van der Waals surface area contributed by atoms with E-state index < -0.39 is 0 Å². The van der Waals surface area contributed by atoms with Crippen molar-refractivity contribution < 1.29 is 14.3 Å². The Hall–Kier alpha value is -2.53. The summed E-state index contributed by atoms with van der Waals surface area (Å²) in [5.74, 6) is 0.705. The second-order valence-corrected chi connectivity index (χ2v) is 5.16. The maximum absolute atomic E-state index is 12.0. The first kappa shape index (κ1) is 16.8. The molecule has 1 N–H and O–H groups in total. The molecule has 0 aliphatic heterocycles. The van der Waals surface area contributed by atoms with E-state index in [4.69, 9.17) is 21.1 Å². The van der Waals surface area contributed by atoms with Crippen molar-refractivity contribution >= 4 is 29.3 Å². The van der Waals surface area contributed by atoms with Crippen LogP contribution in [0.2, 0.25) is 5.02 Å². The quantitative estimate of drug-likeness (QED) is 0.848.